The summed E-state index contributed by atoms with van der Waals surface area (Å²) in [4.78, 5) is 4.26. The van der Waals surface area contributed by atoms with Gasteiger partial charge in [0.05, 0.1) is 24.0 Å². The Balaban J connectivity index is 1.50. The SMILES string of the molecule is OC1(c2cncc(OCc3ccccc3)c2)CC2CCC(C1)O2. The lowest BCUT2D eigenvalue weighted by Crippen LogP contribution is -2.38. The normalized spacial score (nSPS) is 29.4. The van der Waals surface area contributed by atoms with Gasteiger partial charge in [-0.3, -0.25) is 4.98 Å². The topological polar surface area (TPSA) is 51.6 Å². The van der Waals surface area contributed by atoms with Crippen LogP contribution in [0.1, 0.15) is 36.8 Å². The molecule has 1 N–H and O–H groups in total. The maximum absolute atomic E-state index is 11.1. The second-order valence-electron chi connectivity index (χ2n) is 6.58. The third kappa shape index (κ3) is 3.09. The van der Waals surface area contributed by atoms with E-state index in [1.165, 1.54) is 0 Å². The molecule has 2 atom stereocenters. The summed E-state index contributed by atoms with van der Waals surface area (Å²) in [5.41, 5.74) is 1.10. The first-order valence-corrected chi connectivity index (χ1v) is 8.21. The zero-order valence-corrected chi connectivity index (χ0v) is 13.0. The number of benzene rings is 1. The molecule has 4 heteroatoms. The maximum Gasteiger partial charge on any atom is 0.138 e. The number of rotatable bonds is 4. The first-order chi connectivity index (χ1) is 11.2. The van der Waals surface area contributed by atoms with Crippen molar-refractivity contribution in [3.63, 3.8) is 0 Å². The van der Waals surface area contributed by atoms with Gasteiger partial charge in [-0.15, -0.1) is 0 Å². The fourth-order valence-electron chi connectivity index (χ4n) is 3.65. The van der Waals surface area contributed by atoms with Crippen LogP contribution in [0, 0.1) is 0 Å². The Bertz CT molecular complexity index is 661. The summed E-state index contributed by atoms with van der Waals surface area (Å²) in [5.74, 6) is 0.693. The zero-order valence-electron chi connectivity index (χ0n) is 13.0. The predicted octanol–water partition coefficient (Wildman–Crippen LogP) is 3.19. The molecular formula is C19H21NO3. The minimum atomic E-state index is -0.844. The van der Waals surface area contributed by atoms with Gasteiger partial charge in [-0.25, -0.2) is 0 Å². The van der Waals surface area contributed by atoms with Crippen molar-refractivity contribution in [1.82, 2.24) is 4.98 Å². The molecule has 2 saturated heterocycles. The van der Waals surface area contributed by atoms with Crippen LogP contribution in [0.15, 0.2) is 48.8 Å². The highest BCUT2D eigenvalue weighted by atomic mass is 16.5. The van der Waals surface area contributed by atoms with Crippen LogP contribution < -0.4 is 4.74 Å². The molecule has 2 aliphatic heterocycles. The highest BCUT2D eigenvalue weighted by Crippen LogP contribution is 2.44. The molecule has 1 aromatic heterocycles. The van der Waals surface area contributed by atoms with Crippen LogP contribution in [0.4, 0.5) is 0 Å². The van der Waals surface area contributed by atoms with Gasteiger partial charge in [-0.2, -0.15) is 0 Å². The smallest absolute Gasteiger partial charge is 0.138 e. The van der Waals surface area contributed by atoms with Gasteiger partial charge in [-0.05, 0) is 24.5 Å². The van der Waals surface area contributed by atoms with Crippen LogP contribution in [0.5, 0.6) is 5.75 Å². The lowest BCUT2D eigenvalue weighted by Gasteiger charge is -2.36. The van der Waals surface area contributed by atoms with Crippen molar-refractivity contribution in [2.45, 2.75) is 50.1 Å². The largest absolute Gasteiger partial charge is 0.487 e. The Morgan fingerprint density at radius 1 is 1.13 bits per heavy atom. The molecule has 23 heavy (non-hydrogen) atoms. The maximum atomic E-state index is 11.1. The first kappa shape index (κ1) is 14.7. The number of aromatic nitrogens is 1. The molecule has 0 radical (unpaired) electrons. The molecule has 1 aromatic carbocycles. The van der Waals surface area contributed by atoms with Gasteiger partial charge in [0, 0.05) is 24.6 Å². The summed E-state index contributed by atoms with van der Waals surface area (Å²) >= 11 is 0. The quantitative estimate of drug-likeness (QED) is 0.942. The lowest BCUT2D eigenvalue weighted by molar-refractivity contribution is -0.115. The molecule has 2 aliphatic rings. The number of hydrogen-bond donors (Lipinski definition) is 1. The van der Waals surface area contributed by atoms with Crippen LogP contribution in [-0.4, -0.2) is 22.3 Å². The molecule has 2 bridgehead atoms. The van der Waals surface area contributed by atoms with Crippen molar-refractivity contribution in [3.8, 4) is 5.75 Å². The summed E-state index contributed by atoms with van der Waals surface area (Å²) < 4.78 is 11.7. The zero-order chi connectivity index (χ0) is 15.7. The summed E-state index contributed by atoms with van der Waals surface area (Å²) in [5, 5.41) is 11.1. The van der Waals surface area contributed by atoms with Gasteiger partial charge in [-0.1, -0.05) is 30.3 Å². The van der Waals surface area contributed by atoms with Gasteiger partial charge in [0.15, 0.2) is 0 Å². The van der Waals surface area contributed by atoms with Crippen molar-refractivity contribution in [3.05, 3.63) is 59.9 Å². The van der Waals surface area contributed by atoms with Crippen LogP contribution >= 0.6 is 0 Å². The number of hydrogen-bond acceptors (Lipinski definition) is 4. The fourth-order valence-corrected chi connectivity index (χ4v) is 3.65. The second kappa shape index (κ2) is 5.95. The van der Waals surface area contributed by atoms with Gasteiger partial charge in [0.25, 0.3) is 0 Å². The first-order valence-electron chi connectivity index (χ1n) is 8.21. The Hall–Kier alpha value is -1.91. The third-order valence-corrected chi connectivity index (χ3v) is 4.83. The van der Waals surface area contributed by atoms with E-state index in [-0.39, 0.29) is 12.2 Å². The molecule has 2 fully saturated rings. The predicted molar refractivity (Wildman–Crippen MR) is 86.0 cm³/mol. The van der Waals surface area contributed by atoms with E-state index >= 15 is 0 Å². The molecule has 4 rings (SSSR count). The molecule has 0 aliphatic carbocycles. The van der Waals surface area contributed by atoms with E-state index in [1.807, 2.05) is 36.4 Å². The molecule has 0 saturated carbocycles. The van der Waals surface area contributed by atoms with Crippen molar-refractivity contribution in [1.29, 1.82) is 0 Å². The number of fused-ring (bicyclic) bond motifs is 2. The molecule has 3 heterocycles. The van der Waals surface area contributed by atoms with Crippen molar-refractivity contribution in [2.24, 2.45) is 0 Å². The van der Waals surface area contributed by atoms with E-state index in [0.717, 1.165) is 24.0 Å². The van der Waals surface area contributed by atoms with Gasteiger partial charge in [0.2, 0.25) is 0 Å². The molecule has 2 unspecified atom stereocenters. The van der Waals surface area contributed by atoms with Gasteiger partial charge in [0.1, 0.15) is 12.4 Å². The average molecular weight is 311 g/mol. The Kier molecular flexibility index (Phi) is 3.79. The standard InChI is InChI=1S/C19H21NO3/c21-19(9-16-6-7-17(10-19)23-16)15-8-18(12-20-11-15)22-13-14-4-2-1-3-5-14/h1-5,8,11-12,16-17,21H,6-7,9-10,13H2. The van der Waals surface area contributed by atoms with E-state index in [9.17, 15) is 5.11 Å². The van der Waals surface area contributed by atoms with E-state index in [0.29, 0.717) is 25.2 Å². The Morgan fingerprint density at radius 3 is 2.61 bits per heavy atom. The molecular weight excluding hydrogens is 290 g/mol. The number of nitrogens with zero attached hydrogens (tertiary/aromatic N) is 1. The van der Waals surface area contributed by atoms with Crippen LogP contribution in [0.3, 0.4) is 0 Å². The Morgan fingerprint density at radius 2 is 1.87 bits per heavy atom. The van der Waals surface area contributed by atoms with Crippen LogP contribution in [-0.2, 0) is 16.9 Å². The van der Waals surface area contributed by atoms with E-state index < -0.39 is 5.60 Å². The minimum Gasteiger partial charge on any atom is -0.487 e. The monoisotopic (exact) mass is 311 g/mol. The summed E-state index contributed by atoms with van der Waals surface area (Å²) in [7, 11) is 0. The van der Waals surface area contributed by atoms with Gasteiger partial charge >= 0.3 is 0 Å². The summed E-state index contributed by atoms with van der Waals surface area (Å²) in [6, 6.07) is 11.9. The van der Waals surface area contributed by atoms with Crippen LogP contribution in [0.25, 0.3) is 0 Å². The van der Waals surface area contributed by atoms with Crippen molar-refractivity contribution in [2.75, 3.05) is 0 Å². The molecule has 2 aromatic rings. The van der Waals surface area contributed by atoms with Gasteiger partial charge < -0.3 is 14.6 Å². The molecule has 120 valence electrons. The average Bonchev–Trinajstić information content (AvgIpc) is 2.93. The van der Waals surface area contributed by atoms with Crippen LogP contribution in [0.2, 0.25) is 0 Å². The minimum absolute atomic E-state index is 0.174. The molecule has 4 nitrogen and oxygen atoms in total. The van der Waals surface area contributed by atoms with E-state index in [2.05, 4.69) is 4.98 Å². The Labute approximate surface area is 136 Å². The third-order valence-electron chi connectivity index (χ3n) is 4.83. The highest BCUT2D eigenvalue weighted by Gasteiger charge is 2.44. The number of ether oxygens (including phenoxy) is 2. The highest BCUT2D eigenvalue weighted by molar-refractivity contribution is 5.29. The van der Waals surface area contributed by atoms with Crippen molar-refractivity contribution < 1.29 is 14.6 Å². The lowest BCUT2D eigenvalue weighted by atomic mass is 9.84. The second-order valence-corrected chi connectivity index (χ2v) is 6.58. The summed E-state index contributed by atoms with van der Waals surface area (Å²) in [6.45, 7) is 0.499. The number of pyridine rings is 1. The molecule has 0 amide bonds. The molecule has 0 spiro atoms. The van der Waals surface area contributed by atoms with E-state index in [4.69, 9.17) is 9.47 Å². The fraction of sp³-hybridized carbons (Fsp3) is 0.421. The number of aliphatic hydroxyl groups is 1. The van der Waals surface area contributed by atoms with Crippen molar-refractivity contribution >= 4 is 0 Å². The van der Waals surface area contributed by atoms with E-state index in [1.54, 1.807) is 12.4 Å². The summed E-state index contributed by atoms with van der Waals surface area (Å²) in [6.07, 6.45) is 7.18.